The van der Waals surface area contributed by atoms with E-state index in [0.717, 1.165) is 55.8 Å². The first-order valence-electron chi connectivity index (χ1n) is 12.4. The van der Waals surface area contributed by atoms with Crippen LogP contribution in [0.1, 0.15) is 67.4 Å². The number of benzene rings is 2. The van der Waals surface area contributed by atoms with Crippen molar-refractivity contribution in [1.82, 2.24) is 0 Å². The lowest BCUT2D eigenvalue weighted by atomic mass is 9.64. The van der Waals surface area contributed by atoms with Gasteiger partial charge >= 0.3 is 5.97 Å². The summed E-state index contributed by atoms with van der Waals surface area (Å²) >= 11 is 0. The molecule has 0 unspecified atom stereocenters. The van der Waals surface area contributed by atoms with Gasteiger partial charge in [-0.25, -0.2) is 0 Å². The number of hydrogen-bond donors (Lipinski definition) is 2. The van der Waals surface area contributed by atoms with E-state index in [1.165, 1.54) is 0 Å². The van der Waals surface area contributed by atoms with E-state index in [-0.39, 0.29) is 5.91 Å². The van der Waals surface area contributed by atoms with E-state index in [9.17, 15) is 14.7 Å². The van der Waals surface area contributed by atoms with Crippen molar-refractivity contribution in [3.05, 3.63) is 59.2 Å². The van der Waals surface area contributed by atoms with E-state index >= 15 is 0 Å². The number of carboxylic acid groups (broad SMARTS) is 1. The van der Waals surface area contributed by atoms with Crippen molar-refractivity contribution in [2.45, 2.75) is 64.3 Å². The van der Waals surface area contributed by atoms with Gasteiger partial charge in [0, 0.05) is 31.4 Å². The minimum atomic E-state index is -0.858. The number of carboxylic acids is 1. The van der Waals surface area contributed by atoms with Crippen LogP contribution < -0.4 is 10.2 Å². The molecule has 2 aromatic carbocycles. The minimum absolute atomic E-state index is 0.187. The number of aryl methyl sites for hydroxylation is 1. The first kappa shape index (κ1) is 24.3. The summed E-state index contributed by atoms with van der Waals surface area (Å²) in [6.45, 7) is 8.68. The second-order valence-electron chi connectivity index (χ2n) is 10.2. The highest BCUT2D eigenvalue weighted by atomic mass is 16.5. The van der Waals surface area contributed by atoms with Gasteiger partial charge in [-0.2, -0.15) is 0 Å². The molecule has 4 rings (SSSR count). The lowest BCUT2D eigenvalue weighted by Crippen LogP contribution is -2.43. The smallest absolute Gasteiger partial charge is 0.314 e. The zero-order chi connectivity index (χ0) is 24.3. The molecule has 6 nitrogen and oxygen atoms in total. The molecule has 182 valence electrons. The number of nitrogens with zero attached hydrogens (tertiary/aromatic N) is 1. The van der Waals surface area contributed by atoms with Crippen LogP contribution in [-0.2, 0) is 14.9 Å². The summed E-state index contributed by atoms with van der Waals surface area (Å²) in [5.41, 5.74) is 3.22. The highest BCUT2D eigenvalue weighted by Crippen LogP contribution is 2.46. The maximum absolute atomic E-state index is 13.2. The molecule has 1 aliphatic carbocycles. The standard InChI is InChI=1S/C28H36N2O4/c1-19(2)18-30(23-11-15-34-16-12-23)25-10-9-22(28(27(32)33)13-4-14-28)17-24(25)29-26(31)21-7-5-20(3)6-8-21/h5-10,17,19,23H,4,11-16,18H2,1-3H3,(H,29,31)(H,32,33). The van der Waals surface area contributed by atoms with Crippen LogP contribution in [0.2, 0.25) is 0 Å². The Hall–Kier alpha value is -2.86. The van der Waals surface area contributed by atoms with Crippen LogP contribution in [-0.4, -0.2) is 42.8 Å². The molecule has 1 amide bonds. The van der Waals surface area contributed by atoms with Gasteiger partial charge in [0.25, 0.3) is 5.91 Å². The summed E-state index contributed by atoms with van der Waals surface area (Å²) < 4.78 is 5.60. The van der Waals surface area contributed by atoms with Gasteiger partial charge in [0.05, 0.1) is 16.8 Å². The van der Waals surface area contributed by atoms with Crippen LogP contribution in [0.25, 0.3) is 0 Å². The summed E-state index contributed by atoms with van der Waals surface area (Å²) in [5, 5.41) is 13.1. The number of rotatable bonds is 8. The Morgan fingerprint density at radius 2 is 1.79 bits per heavy atom. The van der Waals surface area contributed by atoms with Gasteiger partial charge in [0.1, 0.15) is 0 Å². The maximum Gasteiger partial charge on any atom is 0.314 e. The Morgan fingerprint density at radius 1 is 1.12 bits per heavy atom. The molecule has 0 bridgehead atoms. The van der Waals surface area contributed by atoms with E-state index in [4.69, 9.17) is 4.74 Å². The van der Waals surface area contributed by atoms with E-state index in [2.05, 4.69) is 24.1 Å². The number of aliphatic carboxylic acids is 1. The third-order valence-corrected chi connectivity index (χ3v) is 7.23. The largest absolute Gasteiger partial charge is 0.481 e. The van der Waals surface area contributed by atoms with Crippen LogP contribution in [0.3, 0.4) is 0 Å². The molecule has 2 aliphatic rings. The Balaban J connectivity index is 1.75. The van der Waals surface area contributed by atoms with Gasteiger partial charge in [0.15, 0.2) is 0 Å². The zero-order valence-corrected chi connectivity index (χ0v) is 20.5. The number of amides is 1. The minimum Gasteiger partial charge on any atom is -0.481 e. The van der Waals surface area contributed by atoms with Crippen LogP contribution in [0, 0.1) is 12.8 Å². The third-order valence-electron chi connectivity index (χ3n) is 7.23. The average molecular weight is 465 g/mol. The Bertz CT molecular complexity index is 1020. The number of hydrogen-bond acceptors (Lipinski definition) is 4. The molecule has 2 N–H and O–H groups in total. The second kappa shape index (κ2) is 10.2. The highest BCUT2D eigenvalue weighted by Gasteiger charge is 2.46. The molecule has 1 aliphatic heterocycles. The van der Waals surface area contributed by atoms with Gasteiger partial charge in [0.2, 0.25) is 0 Å². The van der Waals surface area contributed by atoms with Crippen LogP contribution in [0.15, 0.2) is 42.5 Å². The van der Waals surface area contributed by atoms with Gasteiger partial charge in [-0.15, -0.1) is 0 Å². The molecule has 2 aromatic rings. The lowest BCUT2D eigenvalue weighted by molar-refractivity contribution is -0.147. The summed E-state index contributed by atoms with van der Waals surface area (Å²) in [5.74, 6) is -0.543. The number of ether oxygens (including phenoxy) is 1. The Kier molecular flexibility index (Phi) is 7.27. The predicted octanol–water partition coefficient (Wildman–Crippen LogP) is 5.40. The summed E-state index contributed by atoms with van der Waals surface area (Å²) in [6, 6.07) is 13.7. The summed E-state index contributed by atoms with van der Waals surface area (Å²) in [7, 11) is 0. The molecule has 1 saturated carbocycles. The second-order valence-corrected chi connectivity index (χ2v) is 10.2. The van der Waals surface area contributed by atoms with E-state index in [0.29, 0.717) is 36.1 Å². The molecule has 1 heterocycles. The molecule has 0 radical (unpaired) electrons. The molecule has 2 fully saturated rings. The monoisotopic (exact) mass is 464 g/mol. The predicted molar refractivity (Wildman–Crippen MR) is 135 cm³/mol. The SMILES string of the molecule is Cc1ccc(C(=O)Nc2cc(C3(C(=O)O)CCC3)ccc2N(CC(C)C)C2CCOCC2)cc1. The molecule has 6 heteroatoms. The third kappa shape index (κ3) is 4.97. The number of carbonyl (C=O) groups is 2. The molecule has 34 heavy (non-hydrogen) atoms. The van der Waals surface area contributed by atoms with Gasteiger partial charge in [-0.05, 0) is 68.4 Å². The molecule has 0 atom stereocenters. The molecule has 1 saturated heterocycles. The Morgan fingerprint density at radius 3 is 2.35 bits per heavy atom. The van der Waals surface area contributed by atoms with Crippen molar-refractivity contribution in [2.75, 3.05) is 30.0 Å². The molecular weight excluding hydrogens is 428 g/mol. The molecular formula is C28H36N2O4. The van der Waals surface area contributed by atoms with Crippen LogP contribution in [0.5, 0.6) is 0 Å². The first-order chi connectivity index (χ1) is 16.3. The quantitative estimate of drug-likeness (QED) is 0.547. The zero-order valence-electron chi connectivity index (χ0n) is 20.5. The fourth-order valence-electron chi connectivity index (χ4n) is 5.07. The summed E-state index contributed by atoms with van der Waals surface area (Å²) in [6.07, 6.45) is 4.02. The fourth-order valence-corrected chi connectivity index (χ4v) is 5.07. The Labute approximate surface area is 202 Å². The number of nitrogens with one attached hydrogen (secondary N) is 1. The van der Waals surface area contributed by atoms with Gasteiger partial charge in [-0.1, -0.05) is 44.0 Å². The highest BCUT2D eigenvalue weighted by molar-refractivity contribution is 6.06. The van der Waals surface area contributed by atoms with E-state index in [1.807, 2.05) is 49.4 Å². The van der Waals surface area contributed by atoms with Crippen molar-refractivity contribution in [1.29, 1.82) is 0 Å². The van der Waals surface area contributed by atoms with Gasteiger partial charge < -0.3 is 20.1 Å². The normalized spacial score (nSPS) is 17.8. The maximum atomic E-state index is 13.2. The van der Waals surface area contributed by atoms with Gasteiger partial charge in [-0.3, -0.25) is 9.59 Å². The van der Waals surface area contributed by atoms with Crippen molar-refractivity contribution >= 4 is 23.3 Å². The van der Waals surface area contributed by atoms with Crippen molar-refractivity contribution in [3.63, 3.8) is 0 Å². The number of anilines is 2. The van der Waals surface area contributed by atoms with Crippen molar-refractivity contribution < 1.29 is 19.4 Å². The molecule has 0 spiro atoms. The average Bonchev–Trinajstić information content (AvgIpc) is 2.78. The summed E-state index contributed by atoms with van der Waals surface area (Å²) in [4.78, 5) is 27.8. The lowest BCUT2D eigenvalue weighted by Gasteiger charge is -2.40. The number of carbonyl (C=O) groups excluding carboxylic acids is 1. The van der Waals surface area contributed by atoms with Crippen LogP contribution in [0.4, 0.5) is 11.4 Å². The van der Waals surface area contributed by atoms with Crippen molar-refractivity contribution in [2.24, 2.45) is 5.92 Å². The fraction of sp³-hybridized carbons (Fsp3) is 0.500. The van der Waals surface area contributed by atoms with Crippen molar-refractivity contribution in [3.8, 4) is 0 Å². The van der Waals surface area contributed by atoms with E-state index in [1.54, 1.807) is 0 Å². The molecule has 0 aromatic heterocycles. The first-order valence-corrected chi connectivity index (χ1v) is 12.4. The van der Waals surface area contributed by atoms with E-state index < -0.39 is 11.4 Å². The van der Waals surface area contributed by atoms with Crippen LogP contribution >= 0.6 is 0 Å². The topological polar surface area (TPSA) is 78.9 Å².